The van der Waals surface area contributed by atoms with E-state index in [1.54, 1.807) is 6.07 Å². The van der Waals surface area contributed by atoms with Crippen LogP contribution in [0.2, 0.25) is 0 Å². The molecule has 0 saturated heterocycles. The maximum absolute atomic E-state index is 11.4. The van der Waals surface area contributed by atoms with Gasteiger partial charge < -0.3 is 9.72 Å². The normalized spacial score (nSPS) is 9.89. The molecule has 1 aromatic rings. The maximum Gasteiger partial charge on any atom is 0.340 e. The number of esters is 1. The summed E-state index contributed by atoms with van der Waals surface area (Å²) in [4.78, 5) is 27.1. The molecular weight excluding hydrogens is 244 g/mol. The Kier molecular flexibility index (Phi) is 5.83. The van der Waals surface area contributed by atoms with E-state index >= 15 is 0 Å². The first-order chi connectivity index (χ1) is 9.08. The maximum atomic E-state index is 11.4. The Labute approximate surface area is 112 Å². The van der Waals surface area contributed by atoms with Gasteiger partial charge in [-0.3, -0.25) is 9.69 Å². The van der Waals surface area contributed by atoms with Gasteiger partial charge in [0.25, 0.3) is 0 Å². The molecule has 0 spiro atoms. The van der Waals surface area contributed by atoms with Crippen LogP contribution in [0.4, 0.5) is 0 Å². The highest BCUT2D eigenvalue weighted by atomic mass is 16.5. The number of ether oxygens (including phenoxy) is 1. The van der Waals surface area contributed by atoms with Crippen LogP contribution in [0.5, 0.6) is 0 Å². The van der Waals surface area contributed by atoms with Crippen molar-refractivity contribution in [1.29, 1.82) is 0 Å². The van der Waals surface area contributed by atoms with Crippen LogP contribution in [-0.4, -0.2) is 49.9 Å². The Bertz CT molecular complexity index is 506. The lowest BCUT2D eigenvalue weighted by atomic mass is 10.2. The largest absolute Gasteiger partial charge is 0.465 e. The molecule has 1 aromatic heterocycles. The fourth-order valence-corrected chi connectivity index (χ4v) is 1.53. The predicted octanol–water partition coefficient (Wildman–Crippen LogP) is 1.11. The number of H-pyrrole nitrogens is 1. The van der Waals surface area contributed by atoms with Crippen LogP contribution in [0, 0.1) is 11.8 Å². The van der Waals surface area contributed by atoms with E-state index in [0.717, 1.165) is 12.2 Å². The van der Waals surface area contributed by atoms with Gasteiger partial charge >= 0.3 is 5.97 Å². The fourth-order valence-electron chi connectivity index (χ4n) is 1.53. The van der Waals surface area contributed by atoms with Crippen molar-refractivity contribution >= 4 is 12.3 Å². The molecule has 1 rings (SSSR count). The molecule has 0 saturated carbocycles. The quantitative estimate of drug-likeness (QED) is 0.490. The molecule has 0 radical (unpaired) electrons. The molecule has 0 atom stereocenters. The van der Waals surface area contributed by atoms with E-state index in [1.807, 2.05) is 19.0 Å². The predicted molar refractivity (Wildman–Crippen MR) is 72.2 cm³/mol. The summed E-state index contributed by atoms with van der Waals surface area (Å²) in [5.74, 6) is 5.55. The van der Waals surface area contributed by atoms with Crippen molar-refractivity contribution in [1.82, 2.24) is 9.88 Å². The third kappa shape index (κ3) is 4.60. The van der Waals surface area contributed by atoms with E-state index in [4.69, 9.17) is 0 Å². The van der Waals surface area contributed by atoms with Gasteiger partial charge in [-0.2, -0.15) is 0 Å². The number of nitrogens with one attached hydrogen (secondary N) is 1. The minimum Gasteiger partial charge on any atom is -0.465 e. The van der Waals surface area contributed by atoms with Crippen molar-refractivity contribution in [3.63, 3.8) is 0 Å². The summed E-state index contributed by atoms with van der Waals surface area (Å²) in [5, 5.41) is 0. The van der Waals surface area contributed by atoms with E-state index in [-0.39, 0.29) is 11.3 Å². The lowest BCUT2D eigenvalue weighted by molar-refractivity contribution is 0.0598. The SMILES string of the molecule is COC(=O)c1cc(CCC#CCN(C)C)[nH]c1C=O. The molecule has 19 heavy (non-hydrogen) atoms. The number of nitrogens with zero attached hydrogens (tertiary/aromatic N) is 1. The third-order valence-electron chi connectivity index (χ3n) is 2.47. The number of aromatic nitrogens is 1. The number of aryl methyl sites for hydroxylation is 1. The van der Waals surface area contributed by atoms with Gasteiger partial charge in [-0.25, -0.2) is 4.79 Å². The molecule has 0 amide bonds. The fraction of sp³-hybridized carbons (Fsp3) is 0.429. The Morgan fingerprint density at radius 2 is 2.21 bits per heavy atom. The average Bonchev–Trinajstić information content (AvgIpc) is 2.80. The van der Waals surface area contributed by atoms with Crippen molar-refractivity contribution in [3.05, 3.63) is 23.0 Å². The Hall–Kier alpha value is -2.06. The minimum absolute atomic E-state index is 0.253. The Morgan fingerprint density at radius 3 is 2.79 bits per heavy atom. The van der Waals surface area contributed by atoms with Crippen LogP contribution in [0.3, 0.4) is 0 Å². The second-order valence-corrected chi connectivity index (χ2v) is 4.32. The molecule has 0 aliphatic heterocycles. The molecule has 5 nitrogen and oxygen atoms in total. The molecule has 102 valence electrons. The van der Waals surface area contributed by atoms with Crippen LogP contribution in [0.25, 0.3) is 0 Å². The van der Waals surface area contributed by atoms with E-state index in [0.29, 0.717) is 19.1 Å². The summed E-state index contributed by atoms with van der Waals surface area (Å²) in [6.45, 7) is 0.720. The van der Waals surface area contributed by atoms with Gasteiger partial charge in [-0.1, -0.05) is 5.92 Å². The molecule has 1 N–H and O–H groups in total. The lowest BCUT2D eigenvalue weighted by Gasteiger charge is -2.00. The van der Waals surface area contributed by atoms with Crippen molar-refractivity contribution in [2.45, 2.75) is 12.8 Å². The van der Waals surface area contributed by atoms with Gasteiger partial charge in [-0.05, 0) is 26.6 Å². The molecule has 0 bridgehead atoms. The van der Waals surface area contributed by atoms with E-state index in [9.17, 15) is 9.59 Å². The van der Waals surface area contributed by atoms with Crippen LogP contribution < -0.4 is 0 Å². The van der Waals surface area contributed by atoms with Gasteiger partial charge in [0.2, 0.25) is 0 Å². The summed E-state index contributed by atoms with van der Waals surface area (Å²) < 4.78 is 4.61. The number of aldehydes is 1. The number of carbonyl (C=O) groups excluding carboxylic acids is 2. The van der Waals surface area contributed by atoms with Crippen molar-refractivity contribution in [3.8, 4) is 11.8 Å². The highest BCUT2D eigenvalue weighted by Gasteiger charge is 2.14. The number of aromatic amines is 1. The molecule has 0 aromatic carbocycles. The third-order valence-corrected chi connectivity index (χ3v) is 2.47. The van der Waals surface area contributed by atoms with Gasteiger partial charge in [-0.15, -0.1) is 5.92 Å². The van der Waals surface area contributed by atoms with Gasteiger partial charge in [0.05, 0.1) is 24.9 Å². The van der Waals surface area contributed by atoms with Crippen LogP contribution in [0.1, 0.15) is 33.0 Å². The van der Waals surface area contributed by atoms with Crippen LogP contribution in [0.15, 0.2) is 6.07 Å². The molecular formula is C14H18N2O3. The molecule has 0 aliphatic rings. The molecule has 0 aliphatic carbocycles. The van der Waals surface area contributed by atoms with Gasteiger partial charge in [0.1, 0.15) is 0 Å². The highest BCUT2D eigenvalue weighted by Crippen LogP contribution is 2.12. The molecule has 0 unspecified atom stereocenters. The first-order valence-electron chi connectivity index (χ1n) is 5.94. The number of hydrogen-bond donors (Lipinski definition) is 1. The average molecular weight is 262 g/mol. The summed E-state index contributed by atoms with van der Waals surface area (Å²) in [6.07, 6.45) is 1.96. The van der Waals surface area contributed by atoms with E-state index in [1.165, 1.54) is 7.11 Å². The number of carbonyl (C=O) groups is 2. The van der Waals surface area contributed by atoms with E-state index < -0.39 is 5.97 Å². The lowest BCUT2D eigenvalue weighted by Crippen LogP contribution is -2.10. The second-order valence-electron chi connectivity index (χ2n) is 4.32. The monoisotopic (exact) mass is 262 g/mol. The smallest absolute Gasteiger partial charge is 0.340 e. The van der Waals surface area contributed by atoms with Gasteiger partial charge in [0.15, 0.2) is 6.29 Å². The van der Waals surface area contributed by atoms with Crippen LogP contribution >= 0.6 is 0 Å². The summed E-state index contributed by atoms with van der Waals surface area (Å²) >= 11 is 0. The zero-order valence-electron chi connectivity index (χ0n) is 11.4. The summed E-state index contributed by atoms with van der Waals surface area (Å²) in [7, 11) is 5.20. The van der Waals surface area contributed by atoms with Gasteiger partial charge in [0, 0.05) is 12.1 Å². The highest BCUT2D eigenvalue weighted by molar-refractivity contribution is 5.97. The number of rotatable bonds is 5. The zero-order chi connectivity index (χ0) is 14.3. The minimum atomic E-state index is -0.511. The number of hydrogen-bond acceptors (Lipinski definition) is 4. The first-order valence-corrected chi connectivity index (χ1v) is 5.94. The van der Waals surface area contributed by atoms with Crippen molar-refractivity contribution in [2.75, 3.05) is 27.7 Å². The van der Waals surface area contributed by atoms with Crippen molar-refractivity contribution in [2.24, 2.45) is 0 Å². The molecule has 5 heteroatoms. The van der Waals surface area contributed by atoms with Crippen LogP contribution in [-0.2, 0) is 11.2 Å². The topological polar surface area (TPSA) is 62.4 Å². The van der Waals surface area contributed by atoms with E-state index in [2.05, 4.69) is 21.6 Å². The second kappa shape index (κ2) is 7.39. The molecule has 0 fully saturated rings. The first kappa shape index (κ1) is 15.0. The number of methoxy groups -OCH3 is 1. The zero-order valence-corrected chi connectivity index (χ0v) is 11.4. The standard InChI is InChI=1S/C14H18N2O3/c1-16(2)8-6-4-5-7-11-9-12(14(18)19-3)13(10-17)15-11/h9-10,15H,5,7-8H2,1-3H3. The van der Waals surface area contributed by atoms with Crippen molar-refractivity contribution < 1.29 is 14.3 Å². The summed E-state index contributed by atoms with van der Waals surface area (Å²) in [6, 6.07) is 1.64. The Morgan fingerprint density at radius 1 is 1.47 bits per heavy atom. The molecule has 1 heterocycles. The Balaban J connectivity index is 2.64. The summed E-state index contributed by atoms with van der Waals surface area (Å²) in [5.41, 5.74) is 1.33.